The van der Waals surface area contributed by atoms with Crippen LogP contribution < -0.4 is 0 Å². The van der Waals surface area contributed by atoms with Gasteiger partial charge < -0.3 is 4.55 Å². The first kappa shape index (κ1) is 8.84. The molecule has 0 amide bonds. The molecular weight excluding hydrogens is 176 g/mol. The summed E-state index contributed by atoms with van der Waals surface area (Å²) in [6.45, 7) is 0. The first-order valence-corrected chi connectivity index (χ1v) is 4.37. The van der Waals surface area contributed by atoms with Crippen molar-refractivity contribution in [2.45, 2.75) is 5.75 Å². The van der Waals surface area contributed by atoms with Crippen LogP contribution in [0.15, 0.2) is 18.3 Å². The molecule has 0 aromatic carbocycles. The number of aromatic nitrogens is 1. The van der Waals surface area contributed by atoms with Gasteiger partial charge in [-0.15, -0.1) is 0 Å². The molecule has 0 N–H and O–H groups in total. The van der Waals surface area contributed by atoms with E-state index >= 15 is 0 Å². The lowest BCUT2D eigenvalue weighted by Gasteiger charge is -2.03. The Morgan fingerprint density at radius 3 is 2.83 bits per heavy atom. The van der Waals surface area contributed by atoms with E-state index in [1.807, 2.05) is 6.07 Å². The standard InChI is InChI=1S/C7H6N2O2S/c8-3-7-2-1-6(4-9-7)5-12(10)11/h1-2,4H,5H2,(H,10,11)/p-1. The Bertz CT molecular complexity index is 328. The van der Waals surface area contributed by atoms with Crippen molar-refractivity contribution in [2.24, 2.45) is 0 Å². The third-order valence-corrected chi connectivity index (χ3v) is 1.79. The molecule has 0 aliphatic heterocycles. The van der Waals surface area contributed by atoms with Crippen LogP contribution in [-0.2, 0) is 16.8 Å². The summed E-state index contributed by atoms with van der Waals surface area (Å²) in [4.78, 5) is 3.72. The van der Waals surface area contributed by atoms with E-state index in [-0.39, 0.29) is 11.4 Å². The van der Waals surface area contributed by atoms with Gasteiger partial charge in [-0.1, -0.05) is 17.1 Å². The molecule has 12 heavy (non-hydrogen) atoms. The fourth-order valence-corrected chi connectivity index (χ4v) is 1.16. The van der Waals surface area contributed by atoms with Gasteiger partial charge in [0, 0.05) is 11.9 Å². The Morgan fingerprint density at radius 1 is 1.67 bits per heavy atom. The summed E-state index contributed by atoms with van der Waals surface area (Å²) in [7, 11) is 0. The van der Waals surface area contributed by atoms with Crippen LogP contribution in [0.1, 0.15) is 11.3 Å². The van der Waals surface area contributed by atoms with E-state index in [2.05, 4.69) is 4.98 Å². The second kappa shape index (κ2) is 3.95. The second-order valence-corrected chi connectivity index (χ2v) is 3.01. The number of nitrogens with zero attached hydrogens (tertiary/aromatic N) is 2. The molecule has 0 spiro atoms. The van der Waals surface area contributed by atoms with Gasteiger partial charge in [-0.25, -0.2) is 4.98 Å². The van der Waals surface area contributed by atoms with Crippen LogP contribution in [0.3, 0.4) is 0 Å². The van der Waals surface area contributed by atoms with Crippen molar-refractivity contribution in [3.8, 4) is 6.07 Å². The minimum Gasteiger partial charge on any atom is -0.772 e. The smallest absolute Gasteiger partial charge is 0.140 e. The lowest BCUT2D eigenvalue weighted by molar-refractivity contribution is 0.536. The van der Waals surface area contributed by atoms with Gasteiger partial charge in [-0.05, 0) is 11.6 Å². The zero-order valence-electron chi connectivity index (χ0n) is 6.06. The summed E-state index contributed by atoms with van der Waals surface area (Å²) in [5.41, 5.74) is 0.873. The highest BCUT2D eigenvalue weighted by molar-refractivity contribution is 7.78. The van der Waals surface area contributed by atoms with Gasteiger partial charge in [0.25, 0.3) is 0 Å². The van der Waals surface area contributed by atoms with Crippen LogP contribution in [0.2, 0.25) is 0 Å². The summed E-state index contributed by atoms with van der Waals surface area (Å²) in [5.74, 6) is -0.0568. The quantitative estimate of drug-likeness (QED) is 0.616. The highest BCUT2D eigenvalue weighted by atomic mass is 32.2. The van der Waals surface area contributed by atoms with Crippen molar-refractivity contribution >= 4 is 11.1 Å². The third-order valence-electron chi connectivity index (χ3n) is 1.22. The van der Waals surface area contributed by atoms with Gasteiger partial charge in [0.2, 0.25) is 0 Å². The molecule has 1 aromatic rings. The van der Waals surface area contributed by atoms with Gasteiger partial charge in [-0.2, -0.15) is 5.26 Å². The van der Waals surface area contributed by atoms with E-state index < -0.39 is 11.1 Å². The average molecular weight is 181 g/mol. The zero-order valence-corrected chi connectivity index (χ0v) is 6.87. The molecule has 5 heteroatoms. The van der Waals surface area contributed by atoms with Crippen molar-refractivity contribution in [1.82, 2.24) is 4.98 Å². The number of rotatable bonds is 2. The zero-order chi connectivity index (χ0) is 8.97. The van der Waals surface area contributed by atoms with Crippen molar-refractivity contribution in [1.29, 1.82) is 5.26 Å². The third kappa shape index (κ3) is 2.42. The van der Waals surface area contributed by atoms with Crippen LogP contribution in [0, 0.1) is 11.3 Å². The fraction of sp³-hybridized carbons (Fsp3) is 0.143. The Labute approximate surface area is 72.2 Å². The van der Waals surface area contributed by atoms with Gasteiger partial charge in [0.05, 0.1) is 0 Å². The van der Waals surface area contributed by atoms with E-state index in [9.17, 15) is 8.76 Å². The average Bonchev–Trinajstić information content (AvgIpc) is 2.05. The lowest BCUT2D eigenvalue weighted by Crippen LogP contribution is -1.94. The minimum absolute atomic E-state index is 0.0568. The lowest BCUT2D eigenvalue weighted by atomic mass is 10.3. The largest absolute Gasteiger partial charge is 0.772 e. The SMILES string of the molecule is N#Cc1ccc(CS(=O)[O-])cn1. The monoisotopic (exact) mass is 181 g/mol. The van der Waals surface area contributed by atoms with Crippen molar-refractivity contribution in [2.75, 3.05) is 0 Å². The first-order valence-electron chi connectivity index (χ1n) is 3.13. The van der Waals surface area contributed by atoms with Crippen molar-refractivity contribution < 1.29 is 8.76 Å². The summed E-state index contributed by atoms with van der Waals surface area (Å²) in [6.07, 6.45) is 1.38. The number of hydrogen-bond acceptors (Lipinski definition) is 4. The van der Waals surface area contributed by atoms with Crippen molar-refractivity contribution in [3.63, 3.8) is 0 Å². The molecule has 0 saturated carbocycles. The number of nitriles is 1. The Balaban J connectivity index is 2.80. The molecule has 0 radical (unpaired) electrons. The molecule has 1 atom stereocenters. The predicted octanol–water partition coefficient (Wildman–Crippen LogP) is 0.332. The topological polar surface area (TPSA) is 76.8 Å². The summed E-state index contributed by atoms with van der Waals surface area (Å²) in [5, 5.41) is 8.38. The normalized spacial score (nSPS) is 12.0. The molecule has 0 aliphatic rings. The highest BCUT2D eigenvalue weighted by Gasteiger charge is 1.94. The minimum atomic E-state index is -2.10. The van der Waals surface area contributed by atoms with Crippen molar-refractivity contribution in [3.05, 3.63) is 29.6 Å². The van der Waals surface area contributed by atoms with Crippen LogP contribution in [-0.4, -0.2) is 13.7 Å². The molecule has 0 aliphatic carbocycles. The maximum absolute atomic E-state index is 10.2. The van der Waals surface area contributed by atoms with Crippen LogP contribution in [0.5, 0.6) is 0 Å². The summed E-state index contributed by atoms with van der Waals surface area (Å²) in [6, 6.07) is 4.90. The second-order valence-electron chi connectivity index (χ2n) is 2.11. The number of pyridine rings is 1. The van der Waals surface area contributed by atoms with Gasteiger partial charge >= 0.3 is 0 Å². The molecule has 0 saturated heterocycles. The van der Waals surface area contributed by atoms with E-state index in [4.69, 9.17) is 5.26 Å². The molecule has 1 heterocycles. The van der Waals surface area contributed by atoms with E-state index in [0.717, 1.165) is 0 Å². The molecule has 1 aromatic heterocycles. The van der Waals surface area contributed by atoms with E-state index in [1.54, 1.807) is 6.07 Å². The summed E-state index contributed by atoms with van der Waals surface area (Å²) >= 11 is -2.10. The fourth-order valence-electron chi connectivity index (χ4n) is 0.712. The Hall–Kier alpha value is -1.25. The predicted molar refractivity (Wildman–Crippen MR) is 41.6 cm³/mol. The Morgan fingerprint density at radius 2 is 2.42 bits per heavy atom. The van der Waals surface area contributed by atoms with Gasteiger partial charge in [0.15, 0.2) is 0 Å². The van der Waals surface area contributed by atoms with Gasteiger partial charge in [-0.3, -0.25) is 4.21 Å². The highest BCUT2D eigenvalue weighted by Crippen LogP contribution is 2.01. The molecule has 62 valence electrons. The molecule has 4 nitrogen and oxygen atoms in total. The van der Waals surface area contributed by atoms with Gasteiger partial charge in [0.1, 0.15) is 11.8 Å². The van der Waals surface area contributed by atoms with E-state index in [1.165, 1.54) is 12.3 Å². The maximum Gasteiger partial charge on any atom is 0.140 e. The molecule has 1 rings (SSSR count). The van der Waals surface area contributed by atoms with Crippen LogP contribution in [0.25, 0.3) is 0 Å². The van der Waals surface area contributed by atoms with Crippen LogP contribution >= 0.6 is 0 Å². The molecule has 0 bridgehead atoms. The van der Waals surface area contributed by atoms with Crippen LogP contribution in [0.4, 0.5) is 0 Å². The number of hydrogen-bond donors (Lipinski definition) is 0. The molecule has 1 unspecified atom stereocenters. The summed E-state index contributed by atoms with van der Waals surface area (Å²) < 4.78 is 20.5. The first-order chi connectivity index (χ1) is 5.72. The molecule has 0 fully saturated rings. The Kier molecular flexibility index (Phi) is 2.91. The van der Waals surface area contributed by atoms with E-state index in [0.29, 0.717) is 5.56 Å². The molecular formula is C7H5N2O2S-. The maximum atomic E-state index is 10.2.